The molecule has 0 saturated heterocycles. The summed E-state index contributed by atoms with van der Waals surface area (Å²) in [5.74, 6) is -1.36. The Morgan fingerprint density at radius 3 is 2.27 bits per heavy atom. The quantitative estimate of drug-likeness (QED) is 0.505. The van der Waals surface area contributed by atoms with Gasteiger partial charge in [0.2, 0.25) is 5.91 Å². The van der Waals surface area contributed by atoms with Gasteiger partial charge in [-0.25, -0.2) is 4.79 Å². The molecule has 158 valence electrons. The second-order valence-corrected chi connectivity index (χ2v) is 7.08. The molecule has 2 atom stereocenters. The minimum atomic E-state index is -1.05. The van der Waals surface area contributed by atoms with Crippen LogP contribution >= 0.6 is 0 Å². The summed E-state index contributed by atoms with van der Waals surface area (Å²) in [5.41, 5.74) is 2.41. The van der Waals surface area contributed by atoms with Crippen LogP contribution in [0.15, 0.2) is 60.3 Å². The number of carbonyl (C=O) groups is 3. The number of benzene rings is 2. The molecule has 0 aliphatic carbocycles. The number of para-hydroxylation sites is 1. The van der Waals surface area contributed by atoms with E-state index in [4.69, 9.17) is 4.74 Å². The fraction of sp³-hybridized carbons (Fsp3) is 0.292. The molecule has 6 heteroatoms. The van der Waals surface area contributed by atoms with Crippen LogP contribution in [0.25, 0.3) is 6.08 Å². The van der Waals surface area contributed by atoms with Crippen molar-refractivity contribution in [2.24, 2.45) is 0 Å². The number of amides is 2. The summed E-state index contributed by atoms with van der Waals surface area (Å²) < 4.78 is 5.31. The van der Waals surface area contributed by atoms with E-state index in [0.717, 1.165) is 17.5 Å². The second kappa shape index (κ2) is 11.0. The topological polar surface area (TPSA) is 84.5 Å². The summed E-state index contributed by atoms with van der Waals surface area (Å²) in [5, 5.41) is 5.31. The van der Waals surface area contributed by atoms with E-state index in [2.05, 4.69) is 24.5 Å². The zero-order valence-corrected chi connectivity index (χ0v) is 17.8. The maximum atomic E-state index is 12.6. The fourth-order valence-corrected chi connectivity index (χ4v) is 2.82. The lowest BCUT2D eigenvalue weighted by molar-refractivity contribution is -0.149. The van der Waals surface area contributed by atoms with Crippen molar-refractivity contribution in [2.45, 2.75) is 46.1 Å². The highest BCUT2D eigenvalue weighted by atomic mass is 16.5. The Bertz CT molecular complexity index is 922. The smallest absolute Gasteiger partial charge is 0.355 e. The largest absolute Gasteiger partial charge is 0.448 e. The number of nitrogens with one attached hydrogen (secondary N) is 2. The van der Waals surface area contributed by atoms with E-state index in [1.54, 1.807) is 12.1 Å². The lowest BCUT2D eigenvalue weighted by atomic mass is 9.97. The standard InChI is InChI=1S/C24H28N2O4/c1-5-16(2)20-13-9-10-14-21(20)26-23(28)17(3)30-24(29)22(25-18(4)27)15-19-11-7-6-8-12-19/h6-17H,5H2,1-4H3,(H,25,27)(H,26,28)/b22-15-/t16-,17+/m1/s1. The average Bonchev–Trinajstić information content (AvgIpc) is 2.73. The third-order valence-electron chi connectivity index (χ3n) is 4.66. The molecule has 0 bridgehead atoms. The zero-order valence-electron chi connectivity index (χ0n) is 17.8. The molecule has 0 saturated carbocycles. The first-order valence-corrected chi connectivity index (χ1v) is 9.96. The van der Waals surface area contributed by atoms with Gasteiger partial charge in [0.1, 0.15) is 5.70 Å². The van der Waals surface area contributed by atoms with Crippen LogP contribution in [0.3, 0.4) is 0 Å². The van der Waals surface area contributed by atoms with Crippen molar-refractivity contribution in [3.8, 4) is 0 Å². The van der Waals surface area contributed by atoms with Crippen molar-refractivity contribution < 1.29 is 19.1 Å². The van der Waals surface area contributed by atoms with Crippen LogP contribution in [-0.2, 0) is 19.1 Å². The first-order valence-electron chi connectivity index (χ1n) is 9.96. The molecule has 2 aromatic carbocycles. The molecule has 2 N–H and O–H groups in total. The molecule has 0 aliphatic rings. The summed E-state index contributed by atoms with van der Waals surface area (Å²) in [4.78, 5) is 36.7. The summed E-state index contributed by atoms with van der Waals surface area (Å²) in [6.07, 6.45) is 1.39. The van der Waals surface area contributed by atoms with Crippen molar-refractivity contribution in [1.29, 1.82) is 0 Å². The van der Waals surface area contributed by atoms with Gasteiger partial charge in [-0.05, 0) is 42.5 Å². The van der Waals surface area contributed by atoms with Gasteiger partial charge in [0.25, 0.3) is 5.91 Å². The Balaban J connectivity index is 2.12. The maximum absolute atomic E-state index is 12.6. The summed E-state index contributed by atoms with van der Waals surface area (Å²) >= 11 is 0. The van der Waals surface area contributed by atoms with Gasteiger partial charge in [0, 0.05) is 12.6 Å². The van der Waals surface area contributed by atoms with Crippen LogP contribution in [0.2, 0.25) is 0 Å². The maximum Gasteiger partial charge on any atom is 0.355 e. The molecule has 0 aromatic heterocycles. The number of carbonyl (C=O) groups excluding carboxylic acids is 3. The predicted molar refractivity (Wildman–Crippen MR) is 118 cm³/mol. The zero-order chi connectivity index (χ0) is 22.1. The van der Waals surface area contributed by atoms with Gasteiger partial charge in [-0.15, -0.1) is 0 Å². The number of esters is 1. The molecule has 0 aliphatic heterocycles. The van der Waals surface area contributed by atoms with Gasteiger partial charge < -0.3 is 15.4 Å². The molecule has 2 aromatic rings. The molecule has 2 rings (SSSR count). The molecular weight excluding hydrogens is 380 g/mol. The van der Waals surface area contributed by atoms with Crippen LogP contribution in [0.1, 0.15) is 51.2 Å². The normalized spacial score (nSPS) is 13.1. The highest BCUT2D eigenvalue weighted by Crippen LogP contribution is 2.26. The summed E-state index contributed by atoms with van der Waals surface area (Å²) in [7, 11) is 0. The van der Waals surface area contributed by atoms with Crippen LogP contribution in [0, 0.1) is 0 Å². The van der Waals surface area contributed by atoms with E-state index in [1.807, 2.05) is 42.5 Å². The Kier molecular flexibility index (Phi) is 8.35. The minimum Gasteiger partial charge on any atom is -0.448 e. The number of hydrogen-bond acceptors (Lipinski definition) is 4. The van der Waals surface area contributed by atoms with Gasteiger partial charge in [-0.2, -0.15) is 0 Å². The van der Waals surface area contributed by atoms with Crippen LogP contribution in [-0.4, -0.2) is 23.9 Å². The Morgan fingerprint density at radius 1 is 1.00 bits per heavy atom. The van der Waals surface area contributed by atoms with Crippen molar-refractivity contribution in [3.05, 3.63) is 71.4 Å². The van der Waals surface area contributed by atoms with E-state index in [1.165, 1.54) is 19.9 Å². The van der Waals surface area contributed by atoms with E-state index in [-0.39, 0.29) is 11.6 Å². The van der Waals surface area contributed by atoms with Crippen molar-refractivity contribution in [1.82, 2.24) is 5.32 Å². The summed E-state index contributed by atoms with van der Waals surface area (Å²) in [6.45, 7) is 6.96. The van der Waals surface area contributed by atoms with Crippen LogP contribution < -0.4 is 10.6 Å². The molecule has 2 amide bonds. The number of hydrogen-bond donors (Lipinski definition) is 2. The Labute approximate surface area is 177 Å². The number of rotatable bonds is 8. The van der Waals surface area contributed by atoms with E-state index >= 15 is 0 Å². The van der Waals surface area contributed by atoms with E-state index in [9.17, 15) is 14.4 Å². The molecule has 0 heterocycles. The monoisotopic (exact) mass is 408 g/mol. The van der Waals surface area contributed by atoms with E-state index in [0.29, 0.717) is 5.69 Å². The fourth-order valence-electron chi connectivity index (χ4n) is 2.82. The van der Waals surface area contributed by atoms with Crippen molar-refractivity contribution in [2.75, 3.05) is 5.32 Å². The first kappa shape index (κ1) is 22.9. The van der Waals surface area contributed by atoms with Gasteiger partial charge in [-0.3, -0.25) is 9.59 Å². The minimum absolute atomic E-state index is 0.0339. The Hall–Kier alpha value is -3.41. The molecule has 0 fully saturated rings. The van der Waals surface area contributed by atoms with Gasteiger partial charge in [0.15, 0.2) is 6.10 Å². The van der Waals surface area contributed by atoms with Gasteiger partial charge in [0.05, 0.1) is 0 Å². The molecule has 0 unspecified atom stereocenters. The second-order valence-electron chi connectivity index (χ2n) is 7.08. The van der Waals surface area contributed by atoms with Crippen molar-refractivity contribution >= 4 is 29.5 Å². The molecule has 0 spiro atoms. The van der Waals surface area contributed by atoms with Gasteiger partial charge >= 0.3 is 5.97 Å². The molecule has 6 nitrogen and oxygen atoms in total. The predicted octanol–water partition coefficient (Wildman–Crippen LogP) is 4.25. The molecular formula is C24H28N2O4. The third kappa shape index (κ3) is 6.58. The highest BCUT2D eigenvalue weighted by Gasteiger charge is 2.22. The molecule has 0 radical (unpaired) electrons. The Morgan fingerprint density at radius 2 is 1.63 bits per heavy atom. The van der Waals surface area contributed by atoms with Gasteiger partial charge in [-0.1, -0.05) is 62.4 Å². The highest BCUT2D eigenvalue weighted by molar-refractivity contribution is 6.00. The summed E-state index contributed by atoms with van der Waals surface area (Å²) in [6, 6.07) is 16.6. The average molecular weight is 408 g/mol. The lowest BCUT2D eigenvalue weighted by Gasteiger charge is -2.18. The number of ether oxygens (including phenoxy) is 1. The number of anilines is 1. The van der Waals surface area contributed by atoms with Crippen molar-refractivity contribution in [3.63, 3.8) is 0 Å². The van der Waals surface area contributed by atoms with E-state index < -0.39 is 23.9 Å². The van der Waals surface area contributed by atoms with Crippen LogP contribution in [0.5, 0.6) is 0 Å². The van der Waals surface area contributed by atoms with Crippen LogP contribution in [0.4, 0.5) is 5.69 Å². The first-order chi connectivity index (χ1) is 14.3. The molecule has 30 heavy (non-hydrogen) atoms. The SMILES string of the molecule is CC[C@@H](C)c1ccccc1NC(=O)[C@H](C)OC(=O)/C(=C/c1ccccc1)NC(C)=O. The lowest BCUT2D eigenvalue weighted by Crippen LogP contribution is -2.34. The third-order valence-corrected chi connectivity index (χ3v) is 4.66.